The van der Waals surface area contributed by atoms with Crippen LogP contribution in [0.2, 0.25) is 0 Å². The van der Waals surface area contributed by atoms with Gasteiger partial charge in [0.25, 0.3) is 0 Å². The molecule has 0 radical (unpaired) electrons. The van der Waals surface area contributed by atoms with E-state index in [1.165, 1.54) is 0 Å². The number of rotatable bonds is 12. The molecule has 0 aromatic heterocycles. The Bertz CT molecular complexity index is 1120. The highest BCUT2D eigenvalue weighted by Crippen LogP contribution is 2.44. The molecule has 0 bridgehead atoms. The molecular formula is C31H45N4O5+. The van der Waals surface area contributed by atoms with Gasteiger partial charge in [-0.1, -0.05) is 48.5 Å². The lowest BCUT2D eigenvalue weighted by molar-refractivity contribution is -0.869. The lowest BCUT2D eigenvalue weighted by Gasteiger charge is -2.25. The van der Waals surface area contributed by atoms with Crippen LogP contribution in [0.5, 0.6) is 0 Å². The monoisotopic (exact) mass is 553 g/mol. The maximum absolute atomic E-state index is 13.0. The molecule has 3 amide bonds. The highest BCUT2D eigenvalue weighted by Gasteiger charge is 2.30. The van der Waals surface area contributed by atoms with E-state index in [2.05, 4.69) is 61.4 Å². The summed E-state index contributed by atoms with van der Waals surface area (Å²) in [6.07, 6.45) is 0.566. The van der Waals surface area contributed by atoms with E-state index in [0.717, 1.165) is 28.8 Å². The Morgan fingerprint density at radius 2 is 1.45 bits per heavy atom. The molecule has 0 heterocycles. The molecule has 0 saturated heterocycles. The minimum atomic E-state index is -0.746. The molecule has 3 rings (SSSR count). The molecule has 1 aliphatic rings. The number of ether oxygens (including phenoxy) is 2. The zero-order valence-corrected chi connectivity index (χ0v) is 24.7. The second-order valence-electron chi connectivity index (χ2n) is 12.3. The van der Waals surface area contributed by atoms with Crippen molar-refractivity contribution in [1.82, 2.24) is 16.0 Å². The molecule has 3 N–H and O–H groups in total. The summed E-state index contributed by atoms with van der Waals surface area (Å²) in [7, 11) is 6.16. The lowest BCUT2D eigenvalue weighted by Crippen LogP contribution is -2.49. The van der Waals surface area contributed by atoms with Gasteiger partial charge in [0.05, 0.1) is 34.2 Å². The van der Waals surface area contributed by atoms with Crippen molar-refractivity contribution in [3.8, 4) is 11.1 Å². The number of carbonyl (C=O) groups excluding carboxylic acids is 3. The van der Waals surface area contributed by atoms with Gasteiger partial charge in [-0.15, -0.1) is 0 Å². The number of alkyl carbamates (subject to hydrolysis) is 2. The summed E-state index contributed by atoms with van der Waals surface area (Å²) in [6.45, 7) is 7.26. The Labute approximate surface area is 238 Å². The first-order valence-electron chi connectivity index (χ1n) is 14.0. The van der Waals surface area contributed by atoms with Crippen LogP contribution in [-0.2, 0) is 14.3 Å². The third-order valence-corrected chi connectivity index (χ3v) is 6.62. The number of unbranched alkanes of at least 4 members (excludes halogenated alkanes) is 1. The van der Waals surface area contributed by atoms with Gasteiger partial charge in [-0.2, -0.15) is 0 Å². The predicted octanol–water partition coefficient (Wildman–Crippen LogP) is 4.41. The maximum Gasteiger partial charge on any atom is 0.407 e. The number of benzene rings is 2. The summed E-state index contributed by atoms with van der Waals surface area (Å²) >= 11 is 0. The van der Waals surface area contributed by atoms with Crippen molar-refractivity contribution in [2.75, 3.05) is 47.4 Å². The molecule has 1 atom stereocenters. The molecule has 40 heavy (non-hydrogen) atoms. The van der Waals surface area contributed by atoms with Gasteiger partial charge in [0.1, 0.15) is 18.2 Å². The number of hydrogen-bond donors (Lipinski definition) is 3. The van der Waals surface area contributed by atoms with Crippen LogP contribution in [0.25, 0.3) is 11.1 Å². The first-order valence-corrected chi connectivity index (χ1v) is 14.0. The van der Waals surface area contributed by atoms with E-state index in [4.69, 9.17) is 9.47 Å². The molecule has 0 saturated carbocycles. The van der Waals surface area contributed by atoms with Crippen LogP contribution in [0.1, 0.15) is 57.1 Å². The van der Waals surface area contributed by atoms with E-state index in [-0.39, 0.29) is 18.4 Å². The largest absolute Gasteiger partial charge is 0.449 e. The summed E-state index contributed by atoms with van der Waals surface area (Å²) in [5.41, 5.74) is 4.00. The van der Waals surface area contributed by atoms with Gasteiger partial charge >= 0.3 is 12.2 Å². The summed E-state index contributed by atoms with van der Waals surface area (Å²) in [5.74, 6) is -0.309. The van der Waals surface area contributed by atoms with Gasteiger partial charge in [-0.05, 0) is 62.3 Å². The van der Waals surface area contributed by atoms with E-state index in [1.54, 1.807) is 0 Å². The summed E-state index contributed by atoms with van der Waals surface area (Å²) in [5, 5.41) is 8.44. The Balaban J connectivity index is 1.55. The van der Waals surface area contributed by atoms with Crippen molar-refractivity contribution in [2.45, 2.75) is 57.6 Å². The zero-order chi connectivity index (χ0) is 29.3. The average molecular weight is 554 g/mol. The van der Waals surface area contributed by atoms with Gasteiger partial charge in [0, 0.05) is 12.5 Å². The van der Waals surface area contributed by atoms with Crippen molar-refractivity contribution in [2.24, 2.45) is 0 Å². The number of hydrogen-bond acceptors (Lipinski definition) is 5. The van der Waals surface area contributed by atoms with Crippen LogP contribution in [0, 0.1) is 0 Å². The molecule has 9 heteroatoms. The van der Waals surface area contributed by atoms with Crippen molar-refractivity contribution in [3.05, 3.63) is 59.7 Å². The minimum absolute atomic E-state index is 0.0612. The molecule has 9 nitrogen and oxygen atoms in total. The third-order valence-electron chi connectivity index (χ3n) is 6.62. The van der Waals surface area contributed by atoms with Crippen LogP contribution < -0.4 is 16.0 Å². The number of amides is 3. The van der Waals surface area contributed by atoms with Gasteiger partial charge in [0.2, 0.25) is 5.91 Å². The van der Waals surface area contributed by atoms with Crippen molar-refractivity contribution < 1.29 is 28.3 Å². The highest BCUT2D eigenvalue weighted by molar-refractivity contribution is 5.85. The van der Waals surface area contributed by atoms with Crippen LogP contribution >= 0.6 is 0 Å². The highest BCUT2D eigenvalue weighted by atomic mass is 16.6. The minimum Gasteiger partial charge on any atom is -0.449 e. The first kappa shape index (κ1) is 30.9. The molecular weight excluding hydrogens is 508 g/mol. The molecule has 0 spiro atoms. The Morgan fingerprint density at radius 3 is 2.02 bits per heavy atom. The van der Waals surface area contributed by atoms with E-state index in [9.17, 15) is 14.4 Å². The Morgan fingerprint density at radius 1 is 0.850 bits per heavy atom. The second kappa shape index (κ2) is 13.7. The van der Waals surface area contributed by atoms with Crippen molar-refractivity contribution >= 4 is 18.1 Å². The summed E-state index contributed by atoms with van der Waals surface area (Å²) in [4.78, 5) is 37.8. The molecule has 2 aromatic carbocycles. The molecule has 2 aromatic rings. The van der Waals surface area contributed by atoms with Gasteiger partial charge < -0.3 is 29.9 Å². The van der Waals surface area contributed by atoms with E-state index < -0.39 is 23.8 Å². The first-order chi connectivity index (χ1) is 18.8. The fraction of sp³-hybridized carbons (Fsp3) is 0.516. The molecule has 218 valence electrons. The van der Waals surface area contributed by atoms with Gasteiger partial charge in [-0.25, -0.2) is 9.59 Å². The van der Waals surface area contributed by atoms with Crippen LogP contribution in [0.3, 0.4) is 0 Å². The summed E-state index contributed by atoms with van der Waals surface area (Å²) < 4.78 is 11.6. The zero-order valence-electron chi connectivity index (χ0n) is 24.7. The number of fused-ring (bicyclic) bond motifs is 3. The molecule has 1 aliphatic carbocycles. The Kier molecular flexibility index (Phi) is 10.6. The van der Waals surface area contributed by atoms with E-state index >= 15 is 0 Å². The smallest absolute Gasteiger partial charge is 0.407 e. The SMILES string of the molecule is CC(C)(C)OC(=O)NCCCC[C@H](NC(=O)OCC1c2ccccc2-c2ccccc21)C(=O)NCC[N+](C)(C)C. The standard InChI is InChI=1S/C31H44N4O5/c1-31(2,3)40-29(37)33-18-12-11-17-27(28(36)32-19-20-35(4,5)6)34-30(38)39-21-26-24-15-9-7-13-22(24)23-14-8-10-16-25(23)26/h7-10,13-16,26-27H,11-12,17-21H2,1-6H3,(H2-,32,33,34,36,37,38)/p+1/t27-/m0/s1. The quantitative estimate of drug-likeness (QED) is 0.267. The third kappa shape index (κ3) is 9.55. The maximum atomic E-state index is 13.0. The number of likely N-dealkylation sites (N-methyl/N-ethyl adjacent to an activating group) is 1. The average Bonchev–Trinajstić information content (AvgIpc) is 3.18. The van der Waals surface area contributed by atoms with E-state index in [0.29, 0.717) is 36.8 Å². The van der Waals surface area contributed by atoms with Crippen LogP contribution in [-0.4, -0.2) is 81.6 Å². The van der Waals surface area contributed by atoms with Crippen LogP contribution in [0.4, 0.5) is 9.59 Å². The molecule has 0 unspecified atom stereocenters. The molecule has 0 fully saturated rings. The molecule has 0 aliphatic heterocycles. The Hall–Kier alpha value is -3.59. The predicted molar refractivity (Wildman–Crippen MR) is 156 cm³/mol. The van der Waals surface area contributed by atoms with E-state index in [1.807, 2.05) is 45.0 Å². The van der Waals surface area contributed by atoms with Crippen molar-refractivity contribution in [1.29, 1.82) is 0 Å². The fourth-order valence-corrected chi connectivity index (χ4v) is 4.67. The lowest BCUT2D eigenvalue weighted by atomic mass is 9.98. The number of nitrogens with zero attached hydrogens (tertiary/aromatic N) is 1. The topological polar surface area (TPSA) is 106 Å². The van der Waals surface area contributed by atoms with Gasteiger partial charge in [0.15, 0.2) is 0 Å². The van der Waals surface area contributed by atoms with Crippen LogP contribution in [0.15, 0.2) is 48.5 Å². The normalized spacial score (nSPS) is 13.6. The van der Waals surface area contributed by atoms with Gasteiger partial charge in [-0.3, -0.25) is 4.79 Å². The number of nitrogens with one attached hydrogen (secondary N) is 3. The van der Waals surface area contributed by atoms with Crippen molar-refractivity contribution in [3.63, 3.8) is 0 Å². The fourth-order valence-electron chi connectivity index (χ4n) is 4.67. The number of carbonyl (C=O) groups is 3. The number of quaternary nitrogens is 1. The summed E-state index contributed by atoms with van der Waals surface area (Å²) in [6, 6.07) is 15.6. The second-order valence-corrected chi connectivity index (χ2v) is 12.3.